The van der Waals surface area contributed by atoms with Gasteiger partial charge >= 0.3 is 0 Å². The Morgan fingerprint density at radius 3 is 2.71 bits per heavy atom. The van der Waals surface area contributed by atoms with Crippen LogP contribution >= 0.6 is 39.7 Å². The van der Waals surface area contributed by atoms with Gasteiger partial charge in [0, 0.05) is 20.8 Å². The van der Waals surface area contributed by atoms with E-state index in [1.54, 1.807) is 11.3 Å². The molecule has 1 aromatic heterocycles. The molecule has 1 rings (SSSR count). The standard InChI is InChI=1S/C10H16BrNS.ClH/c1-2-3-4-5-9(12)10-6-8(11)7-13-10;/h6-7,9H,2-5,12H2,1H3;1H/t9-;/m0./s1. The summed E-state index contributed by atoms with van der Waals surface area (Å²) in [6.07, 6.45) is 4.91. The molecule has 82 valence electrons. The van der Waals surface area contributed by atoms with Crippen molar-refractivity contribution in [1.29, 1.82) is 0 Å². The summed E-state index contributed by atoms with van der Waals surface area (Å²) in [5, 5.41) is 2.09. The van der Waals surface area contributed by atoms with Crippen molar-refractivity contribution in [2.75, 3.05) is 0 Å². The second kappa shape index (κ2) is 7.69. The summed E-state index contributed by atoms with van der Waals surface area (Å²) in [6, 6.07) is 2.37. The van der Waals surface area contributed by atoms with Gasteiger partial charge in [0.1, 0.15) is 0 Å². The van der Waals surface area contributed by atoms with E-state index in [4.69, 9.17) is 5.73 Å². The molecule has 1 aromatic rings. The Kier molecular flexibility index (Phi) is 7.92. The fourth-order valence-electron chi connectivity index (χ4n) is 1.28. The van der Waals surface area contributed by atoms with Gasteiger partial charge in [-0.05, 0) is 28.4 Å². The molecule has 1 heterocycles. The molecule has 0 radical (unpaired) electrons. The van der Waals surface area contributed by atoms with Crippen LogP contribution in [0.2, 0.25) is 0 Å². The van der Waals surface area contributed by atoms with Gasteiger partial charge in [-0.15, -0.1) is 23.7 Å². The molecule has 14 heavy (non-hydrogen) atoms. The first-order chi connectivity index (χ1) is 6.24. The molecule has 0 saturated carbocycles. The Hall–Kier alpha value is 0.430. The second-order valence-electron chi connectivity index (χ2n) is 3.27. The van der Waals surface area contributed by atoms with E-state index >= 15 is 0 Å². The first-order valence-electron chi connectivity index (χ1n) is 4.73. The lowest BCUT2D eigenvalue weighted by Crippen LogP contribution is -2.07. The van der Waals surface area contributed by atoms with Crippen molar-refractivity contribution in [3.63, 3.8) is 0 Å². The Morgan fingerprint density at radius 1 is 1.50 bits per heavy atom. The van der Waals surface area contributed by atoms with E-state index in [1.807, 2.05) is 0 Å². The summed E-state index contributed by atoms with van der Waals surface area (Å²) in [5.41, 5.74) is 6.04. The summed E-state index contributed by atoms with van der Waals surface area (Å²) in [5.74, 6) is 0. The van der Waals surface area contributed by atoms with Crippen LogP contribution in [0.15, 0.2) is 15.9 Å². The Labute approximate surface area is 105 Å². The number of halogens is 2. The van der Waals surface area contributed by atoms with Crippen LogP contribution < -0.4 is 5.73 Å². The molecule has 0 bridgehead atoms. The van der Waals surface area contributed by atoms with Crippen LogP contribution in [0.4, 0.5) is 0 Å². The molecule has 2 N–H and O–H groups in total. The van der Waals surface area contributed by atoms with Crippen LogP contribution in [-0.2, 0) is 0 Å². The molecule has 0 aliphatic heterocycles. The lowest BCUT2D eigenvalue weighted by molar-refractivity contribution is 0.587. The van der Waals surface area contributed by atoms with Gasteiger partial charge in [-0.25, -0.2) is 0 Å². The highest BCUT2D eigenvalue weighted by Gasteiger charge is 2.07. The second-order valence-corrected chi connectivity index (χ2v) is 5.13. The Bertz CT molecular complexity index is 252. The molecule has 4 heteroatoms. The van der Waals surface area contributed by atoms with Gasteiger partial charge in [0.25, 0.3) is 0 Å². The molecule has 0 aliphatic carbocycles. The average molecular weight is 299 g/mol. The highest BCUT2D eigenvalue weighted by Crippen LogP contribution is 2.26. The van der Waals surface area contributed by atoms with Crippen molar-refractivity contribution < 1.29 is 0 Å². The minimum atomic E-state index is 0. The summed E-state index contributed by atoms with van der Waals surface area (Å²) in [6.45, 7) is 2.22. The first-order valence-corrected chi connectivity index (χ1v) is 6.40. The summed E-state index contributed by atoms with van der Waals surface area (Å²) in [7, 11) is 0. The van der Waals surface area contributed by atoms with Crippen molar-refractivity contribution in [3.05, 3.63) is 20.8 Å². The molecular weight excluding hydrogens is 282 g/mol. The fourth-order valence-corrected chi connectivity index (χ4v) is 2.76. The van der Waals surface area contributed by atoms with E-state index in [0.717, 1.165) is 10.9 Å². The summed E-state index contributed by atoms with van der Waals surface area (Å²) < 4.78 is 1.15. The van der Waals surface area contributed by atoms with Crippen LogP contribution in [0.25, 0.3) is 0 Å². The zero-order valence-corrected chi connectivity index (χ0v) is 11.6. The van der Waals surface area contributed by atoms with Crippen LogP contribution in [0.1, 0.15) is 43.5 Å². The van der Waals surface area contributed by atoms with E-state index in [-0.39, 0.29) is 18.4 Å². The number of hydrogen-bond donors (Lipinski definition) is 1. The zero-order valence-electron chi connectivity index (χ0n) is 8.33. The highest BCUT2D eigenvalue weighted by molar-refractivity contribution is 9.10. The van der Waals surface area contributed by atoms with Gasteiger partial charge in [-0.1, -0.05) is 26.2 Å². The van der Waals surface area contributed by atoms with E-state index in [0.29, 0.717) is 0 Å². The van der Waals surface area contributed by atoms with Crippen molar-refractivity contribution in [2.24, 2.45) is 5.73 Å². The van der Waals surface area contributed by atoms with Crippen molar-refractivity contribution in [2.45, 2.75) is 38.6 Å². The van der Waals surface area contributed by atoms with Crippen LogP contribution in [0.3, 0.4) is 0 Å². The monoisotopic (exact) mass is 297 g/mol. The third kappa shape index (κ3) is 4.78. The molecular formula is C10H17BrClNS. The lowest BCUT2D eigenvalue weighted by atomic mass is 10.1. The topological polar surface area (TPSA) is 26.0 Å². The number of hydrogen-bond acceptors (Lipinski definition) is 2. The number of thiophene rings is 1. The summed E-state index contributed by atoms with van der Waals surface area (Å²) >= 11 is 5.18. The molecule has 1 atom stereocenters. The van der Waals surface area contributed by atoms with Crippen LogP contribution in [0.5, 0.6) is 0 Å². The SMILES string of the molecule is CCCCC[C@H](N)c1cc(Br)cs1.Cl. The maximum Gasteiger partial charge on any atom is 0.0390 e. The largest absolute Gasteiger partial charge is 0.323 e. The van der Waals surface area contributed by atoms with Crippen molar-refractivity contribution >= 4 is 39.7 Å². The van der Waals surface area contributed by atoms with Crippen LogP contribution in [-0.4, -0.2) is 0 Å². The van der Waals surface area contributed by atoms with Crippen molar-refractivity contribution in [3.8, 4) is 0 Å². The minimum Gasteiger partial charge on any atom is -0.323 e. The first kappa shape index (κ1) is 14.4. The molecule has 0 fully saturated rings. The van der Waals surface area contributed by atoms with Gasteiger partial charge in [-0.3, -0.25) is 0 Å². The molecule has 0 aliphatic rings. The van der Waals surface area contributed by atoms with Gasteiger partial charge in [0.15, 0.2) is 0 Å². The van der Waals surface area contributed by atoms with E-state index < -0.39 is 0 Å². The number of nitrogens with two attached hydrogens (primary N) is 1. The molecule has 0 aromatic carbocycles. The van der Waals surface area contributed by atoms with E-state index in [2.05, 4.69) is 34.3 Å². The maximum absolute atomic E-state index is 6.04. The Balaban J connectivity index is 0.00000169. The molecule has 0 saturated heterocycles. The van der Waals surface area contributed by atoms with Gasteiger partial charge in [0.2, 0.25) is 0 Å². The van der Waals surface area contributed by atoms with Gasteiger partial charge in [0.05, 0.1) is 0 Å². The Morgan fingerprint density at radius 2 is 2.21 bits per heavy atom. The fraction of sp³-hybridized carbons (Fsp3) is 0.600. The zero-order chi connectivity index (χ0) is 9.68. The highest BCUT2D eigenvalue weighted by atomic mass is 79.9. The minimum absolute atomic E-state index is 0. The third-order valence-electron chi connectivity index (χ3n) is 2.07. The smallest absolute Gasteiger partial charge is 0.0390 e. The molecule has 0 unspecified atom stereocenters. The maximum atomic E-state index is 6.04. The van der Waals surface area contributed by atoms with E-state index in [9.17, 15) is 0 Å². The molecule has 1 nitrogen and oxygen atoms in total. The molecule has 0 spiro atoms. The molecule has 0 amide bonds. The summed E-state index contributed by atoms with van der Waals surface area (Å²) in [4.78, 5) is 1.29. The van der Waals surface area contributed by atoms with Gasteiger partial charge in [-0.2, -0.15) is 0 Å². The lowest BCUT2D eigenvalue weighted by Gasteiger charge is -2.07. The van der Waals surface area contributed by atoms with Crippen LogP contribution in [0, 0.1) is 0 Å². The van der Waals surface area contributed by atoms with E-state index in [1.165, 1.54) is 24.1 Å². The normalized spacial score (nSPS) is 12.2. The van der Waals surface area contributed by atoms with Gasteiger partial charge < -0.3 is 5.73 Å². The number of unbranched alkanes of at least 4 members (excludes halogenated alkanes) is 2. The quantitative estimate of drug-likeness (QED) is 0.795. The average Bonchev–Trinajstić information content (AvgIpc) is 2.52. The predicted molar refractivity (Wildman–Crippen MR) is 70.3 cm³/mol. The third-order valence-corrected chi connectivity index (χ3v) is 3.90. The number of rotatable bonds is 5. The van der Waals surface area contributed by atoms with Crippen molar-refractivity contribution in [1.82, 2.24) is 0 Å². The predicted octanol–water partition coefficient (Wildman–Crippen LogP) is 4.51.